The van der Waals surface area contributed by atoms with Crippen LogP contribution in [0.2, 0.25) is 0 Å². The zero-order chi connectivity index (χ0) is 12.1. The van der Waals surface area contributed by atoms with Crippen molar-refractivity contribution in [2.45, 2.75) is 38.6 Å². The topological polar surface area (TPSA) is 18.5 Å². The summed E-state index contributed by atoms with van der Waals surface area (Å²) in [7, 11) is 2.25. The minimum absolute atomic E-state index is 0.753. The fourth-order valence-corrected chi connectivity index (χ4v) is 3.28. The van der Waals surface area contributed by atoms with E-state index in [2.05, 4.69) is 29.1 Å². The van der Waals surface area contributed by atoms with Crippen LogP contribution < -0.4 is 5.32 Å². The van der Waals surface area contributed by atoms with Crippen molar-refractivity contribution in [1.82, 2.24) is 15.1 Å². The summed E-state index contributed by atoms with van der Waals surface area (Å²) in [5.74, 6) is 0.921. The molecule has 0 saturated carbocycles. The van der Waals surface area contributed by atoms with Crippen molar-refractivity contribution in [3.05, 3.63) is 0 Å². The highest BCUT2D eigenvalue weighted by molar-refractivity contribution is 4.82. The lowest BCUT2D eigenvalue weighted by atomic mass is 10.0. The molecule has 2 aliphatic rings. The number of likely N-dealkylation sites (tertiary alicyclic amines) is 2. The van der Waals surface area contributed by atoms with Crippen LogP contribution in [0.3, 0.4) is 0 Å². The second kappa shape index (κ2) is 6.72. The van der Waals surface area contributed by atoms with Crippen LogP contribution in [0, 0.1) is 5.92 Å². The average Bonchev–Trinajstić information content (AvgIpc) is 2.73. The molecule has 100 valence electrons. The van der Waals surface area contributed by atoms with Crippen LogP contribution in [0.4, 0.5) is 0 Å². The Bertz CT molecular complexity index is 220. The monoisotopic (exact) mass is 239 g/mol. The zero-order valence-electron chi connectivity index (χ0n) is 11.6. The lowest BCUT2D eigenvalue weighted by Gasteiger charge is -2.34. The van der Waals surface area contributed by atoms with Gasteiger partial charge >= 0.3 is 0 Å². The van der Waals surface area contributed by atoms with Crippen molar-refractivity contribution in [2.24, 2.45) is 5.92 Å². The highest BCUT2D eigenvalue weighted by Gasteiger charge is 2.25. The first kappa shape index (κ1) is 13.3. The van der Waals surface area contributed by atoms with E-state index in [1.165, 1.54) is 65.0 Å². The standard InChI is InChI=1S/C14H29N3/c1-3-7-15-14-5-4-8-17(12-14)11-13-6-9-16(2)10-13/h13-15H,3-12H2,1-2H3. The van der Waals surface area contributed by atoms with Crippen LogP contribution in [-0.4, -0.2) is 62.2 Å². The predicted octanol–water partition coefficient (Wildman–Crippen LogP) is 1.40. The van der Waals surface area contributed by atoms with Crippen molar-refractivity contribution in [3.63, 3.8) is 0 Å². The van der Waals surface area contributed by atoms with E-state index in [0.29, 0.717) is 0 Å². The summed E-state index contributed by atoms with van der Waals surface area (Å²) >= 11 is 0. The Kier molecular flexibility index (Phi) is 5.26. The van der Waals surface area contributed by atoms with Gasteiger partial charge in [-0.1, -0.05) is 6.92 Å². The molecule has 2 saturated heterocycles. The van der Waals surface area contributed by atoms with Gasteiger partial charge < -0.3 is 15.1 Å². The maximum absolute atomic E-state index is 3.68. The van der Waals surface area contributed by atoms with Gasteiger partial charge in [-0.05, 0) is 58.3 Å². The van der Waals surface area contributed by atoms with E-state index >= 15 is 0 Å². The van der Waals surface area contributed by atoms with Gasteiger partial charge in [-0.25, -0.2) is 0 Å². The van der Waals surface area contributed by atoms with Gasteiger partial charge in [0.1, 0.15) is 0 Å². The predicted molar refractivity (Wildman–Crippen MR) is 73.4 cm³/mol. The second-order valence-electron chi connectivity index (χ2n) is 5.97. The van der Waals surface area contributed by atoms with Crippen molar-refractivity contribution in [3.8, 4) is 0 Å². The summed E-state index contributed by atoms with van der Waals surface area (Å²) in [6, 6.07) is 0.753. The smallest absolute Gasteiger partial charge is 0.0195 e. The van der Waals surface area contributed by atoms with Gasteiger partial charge in [0.05, 0.1) is 0 Å². The Morgan fingerprint density at radius 2 is 2.06 bits per heavy atom. The summed E-state index contributed by atoms with van der Waals surface area (Å²) in [6.45, 7) is 9.98. The first-order valence-corrected chi connectivity index (χ1v) is 7.42. The van der Waals surface area contributed by atoms with Gasteiger partial charge in [0.15, 0.2) is 0 Å². The van der Waals surface area contributed by atoms with Crippen LogP contribution in [0.1, 0.15) is 32.6 Å². The third-order valence-corrected chi connectivity index (χ3v) is 4.19. The molecule has 1 N–H and O–H groups in total. The van der Waals surface area contributed by atoms with Crippen LogP contribution in [0.5, 0.6) is 0 Å². The molecule has 0 spiro atoms. The highest BCUT2D eigenvalue weighted by atomic mass is 15.2. The van der Waals surface area contributed by atoms with Gasteiger partial charge in [-0.2, -0.15) is 0 Å². The molecule has 2 heterocycles. The first-order valence-electron chi connectivity index (χ1n) is 7.42. The molecule has 0 radical (unpaired) electrons. The molecule has 2 rings (SSSR count). The van der Waals surface area contributed by atoms with Crippen LogP contribution >= 0.6 is 0 Å². The zero-order valence-corrected chi connectivity index (χ0v) is 11.6. The first-order chi connectivity index (χ1) is 8.28. The minimum Gasteiger partial charge on any atom is -0.313 e. The molecule has 2 unspecified atom stereocenters. The number of hydrogen-bond donors (Lipinski definition) is 1. The largest absolute Gasteiger partial charge is 0.313 e. The molecule has 17 heavy (non-hydrogen) atoms. The Labute approximate surface area is 107 Å². The highest BCUT2D eigenvalue weighted by Crippen LogP contribution is 2.18. The molecule has 0 aromatic heterocycles. The van der Waals surface area contributed by atoms with E-state index < -0.39 is 0 Å². The third kappa shape index (κ3) is 4.23. The summed E-state index contributed by atoms with van der Waals surface area (Å²) in [5, 5.41) is 3.68. The maximum Gasteiger partial charge on any atom is 0.0195 e. The quantitative estimate of drug-likeness (QED) is 0.782. The Morgan fingerprint density at radius 1 is 1.18 bits per heavy atom. The summed E-state index contributed by atoms with van der Waals surface area (Å²) < 4.78 is 0. The fraction of sp³-hybridized carbons (Fsp3) is 1.00. The molecule has 0 aliphatic carbocycles. The van der Waals surface area contributed by atoms with Gasteiger partial charge in [0, 0.05) is 25.7 Å². The average molecular weight is 239 g/mol. The van der Waals surface area contributed by atoms with E-state index in [0.717, 1.165) is 12.0 Å². The number of hydrogen-bond acceptors (Lipinski definition) is 3. The molecular formula is C14H29N3. The van der Waals surface area contributed by atoms with E-state index in [4.69, 9.17) is 0 Å². The molecule has 0 amide bonds. The summed E-state index contributed by atoms with van der Waals surface area (Å²) in [5.41, 5.74) is 0. The molecule has 0 aromatic carbocycles. The molecular weight excluding hydrogens is 210 g/mol. The van der Waals surface area contributed by atoms with Gasteiger partial charge in [0.25, 0.3) is 0 Å². The number of rotatable bonds is 5. The van der Waals surface area contributed by atoms with Crippen LogP contribution in [0.15, 0.2) is 0 Å². The number of nitrogens with one attached hydrogen (secondary N) is 1. The van der Waals surface area contributed by atoms with Crippen molar-refractivity contribution < 1.29 is 0 Å². The van der Waals surface area contributed by atoms with E-state index in [1.54, 1.807) is 0 Å². The summed E-state index contributed by atoms with van der Waals surface area (Å²) in [4.78, 5) is 5.17. The Hall–Kier alpha value is -0.120. The van der Waals surface area contributed by atoms with E-state index in [9.17, 15) is 0 Å². The summed E-state index contributed by atoms with van der Waals surface area (Å²) in [6.07, 6.45) is 5.41. The molecule has 0 aromatic rings. The minimum atomic E-state index is 0.753. The van der Waals surface area contributed by atoms with Crippen molar-refractivity contribution in [2.75, 3.05) is 46.3 Å². The maximum atomic E-state index is 3.68. The Morgan fingerprint density at radius 3 is 2.76 bits per heavy atom. The van der Waals surface area contributed by atoms with Crippen molar-refractivity contribution in [1.29, 1.82) is 0 Å². The van der Waals surface area contributed by atoms with Crippen molar-refractivity contribution >= 4 is 0 Å². The van der Waals surface area contributed by atoms with E-state index in [1.807, 2.05) is 0 Å². The molecule has 2 aliphatic heterocycles. The second-order valence-corrected chi connectivity index (χ2v) is 5.97. The molecule has 3 heteroatoms. The lowest BCUT2D eigenvalue weighted by Crippen LogP contribution is -2.47. The van der Waals surface area contributed by atoms with Gasteiger partial charge in [-0.3, -0.25) is 0 Å². The van der Waals surface area contributed by atoms with E-state index in [-0.39, 0.29) is 0 Å². The molecule has 2 fully saturated rings. The normalized spacial score (nSPS) is 32.1. The molecule has 2 atom stereocenters. The third-order valence-electron chi connectivity index (χ3n) is 4.19. The molecule has 3 nitrogen and oxygen atoms in total. The van der Waals surface area contributed by atoms with Gasteiger partial charge in [-0.15, -0.1) is 0 Å². The SMILES string of the molecule is CCCNC1CCCN(CC2CCN(C)C2)C1. The number of nitrogens with zero attached hydrogens (tertiary/aromatic N) is 2. The lowest BCUT2D eigenvalue weighted by molar-refractivity contribution is 0.166. The molecule has 0 bridgehead atoms. The van der Waals surface area contributed by atoms with Crippen LogP contribution in [-0.2, 0) is 0 Å². The fourth-order valence-electron chi connectivity index (χ4n) is 3.28. The Balaban J connectivity index is 1.69. The number of piperidine rings is 1. The van der Waals surface area contributed by atoms with Gasteiger partial charge in [0.2, 0.25) is 0 Å². The van der Waals surface area contributed by atoms with Crippen LogP contribution in [0.25, 0.3) is 0 Å².